The monoisotopic (exact) mass is 246 g/mol. The highest BCUT2D eigenvalue weighted by Gasteiger charge is 2.54. The van der Waals surface area contributed by atoms with E-state index < -0.39 is 18.3 Å². The largest absolute Gasteiger partial charge is 0.554 e. The average molecular weight is 246 g/mol. The fourth-order valence-electron chi connectivity index (χ4n) is 1.83. The van der Waals surface area contributed by atoms with Crippen LogP contribution in [0.4, 0.5) is 0 Å². The second-order valence-corrected chi connectivity index (χ2v) is 5.47. The SMILES string of the molecule is CC1(C)OB(c2nc3cccnc3o2)OC1(C)C. The second kappa shape index (κ2) is 3.55. The molecule has 18 heavy (non-hydrogen) atoms. The lowest BCUT2D eigenvalue weighted by molar-refractivity contribution is 0.00578. The van der Waals surface area contributed by atoms with Crippen molar-refractivity contribution in [3.05, 3.63) is 18.3 Å². The first-order chi connectivity index (χ1) is 8.39. The van der Waals surface area contributed by atoms with Crippen molar-refractivity contribution in [2.24, 2.45) is 0 Å². The molecule has 2 aromatic heterocycles. The number of pyridine rings is 1. The van der Waals surface area contributed by atoms with Gasteiger partial charge in [-0.15, -0.1) is 0 Å². The Morgan fingerprint density at radius 1 is 1.11 bits per heavy atom. The minimum atomic E-state index is -0.579. The predicted molar refractivity (Wildman–Crippen MR) is 67.5 cm³/mol. The van der Waals surface area contributed by atoms with Gasteiger partial charge in [-0.3, -0.25) is 0 Å². The van der Waals surface area contributed by atoms with Gasteiger partial charge in [-0.2, -0.15) is 0 Å². The van der Waals surface area contributed by atoms with Crippen LogP contribution in [0.25, 0.3) is 11.2 Å². The van der Waals surface area contributed by atoms with Gasteiger partial charge in [0.1, 0.15) is 5.52 Å². The van der Waals surface area contributed by atoms with Crippen LogP contribution in [-0.4, -0.2) is 28.3 Å². The third kappa shape index (κ3) is 1.64. The third-order valence-corrected chi connectivity index (χ3v) is 3.64. The highest BCUT2D eigenvalue weighted by Crippen LogP contribution is 2.36. The molecule has 6 heteroatoms. The lowest BCUT2D eigenvalue weighted by atomic mass is 9.90. The smallest absolute Gasteiger partial charge is 0.425 e. The average Bonchev–Trinajstić information content (AvgIpc) is 2.78. The summed E-state index contributed by atoms with van der Waals surface area (Å²) in [4.78, 5) is 8.45. The maximum Gasteiger partial charge on any atom is 0.554 e. The minimum Gasteiger partial charge on any atom is -0.425 e. The van der Waals surface area contributed by atoms with E-state index in [0.29, 0.717) is 17.0 Å². The summed E-state index contributed by atoms with van der Waals surface area (Å²) in [7, 11) is -0.579. The number of hydrogen-bond acceptors (Lipinski definition) is 5. The molecule has 5 nitrogen and oxygen atoms in total. The first kappa shape index (κ1) is 11.7. The van der Waals surface area contributed by atoms with Crippen molar-refractivity contribution in [3.8, 4) is 0 Å². The van der Waals surface area contributed by atoms with Crippen molar-refractivity contribution in [1.29, 1.82) is 0 Å². The normalized spacial score (nSPS) is 21.7. The molecule has 0 aromatic carbocycles. The zero-order valence-corrected chi connectivity index (χ0v) is 10.9. The molecule has 0 spiro atoms. The van der Waals surface area contributed by atoms with Crippen LogP contribution < -0.4 is 5.79 Å². The molecule has 0 saturated carbocycles. The first-order valence-electron chi connectivity index (χ1n) is 5.96. The maximum absolute atomic E-state index is 5.87. The summed E-state index contributed by atoms with van der Waals surface area (Å²) in [5.41, 5.74) is 0.418. The standard InChI is InChI=1S/C12H15BN2O3/c1-11(2)12(3,4)18-13(17-11)10-15-8-6-5-7-14-9(8)16-10/h5-7H,1-4H3. The van der Waals surface area contributed by atoms with Crippen LogP contribution in [0.1, 0.15) is 27.7 Å². The van der Waals surface area contributed by atoms with Gasteiger partial charge in [0.05, 0.1) is 11.2 Å². The Labute approximate surface area is 106 Å². The molecule has 0 bridgehead atoms. The van der Waals surface area contributed by atoms with Gasteiger partial charge in [0.15, 0.2) is 0 Å². The Hall–Kier alpha value is -1.40. The summed E-state index contributed by atoms with van der Waals surface area (Å²) in [5.74, 6) is 0.419. The van der Waals surface area contributed by atoms with E-state index in [-0.39, 0.29) is 0 Å². The maximum atomic E-state index is 5.87. The minimum absolute atomic E-state index is 0.397. The lowest BCUT2D eigenvalue weighted by Gasteiger charge is -2.32. The van der Waals surface area contributed by atoms with Crippen molar-refractivity contribution in [2.75, 3.05) is 0 Å². The summed E-state index contributed by atoms with van der Waals surface area (Å²) in [6.45, 7) is 7.98. The van der Waals surface area contributed by atoms with Crippen molar-refractivity contribution < 1.29 is 13.7 Å². The molecule has 0 radical (unpaired) electrons. The van der Waals surface area contributed by atoms with Crippen LogP contribution in [0.3, 0.4) is 0 Å². The molecule has 94 valence electrons. The molecule has 0 atom stereocenters. The molecule has 0 amide bonds. The number of nitrogens with zero attached hydrogens (tertiary/aromatic N) is 2. The number of fused-ring (bicyclic) bond motifs is 1. The van der Waals surface area contributed by atoms with E-state index in [4.69, 9.17) is 13.7 Å². The van der Waals surface area contributed by atoms with Crippen molar-refractivity contribution in [3.63, 3.8) is 0 Å². The molecule has 3 heterocycles. The molecule has 3 rings (SSSR count). The van der Waals surface area contributed by atoms with Crippen LogP contribution in [-0.2, 0) is 9.31 Å². The fraction of sp³-hybridized carbons (Fsp3) is 0.500. The topological polar surface area (TPSA) is 57.4 Å². The van der Waals surface area contributed by atoms with Crippen molar-refractivity contribution >= 4 is 24.1 Å². The highest BCUT2D eigenvalue weighted by atomic mass is 16.7. The summed E-state index contributed by atoms with van der Waals surface area (Å²) in [6, 6.07) is 3.67. The molecule has 0 unspecified atom stereocenters. The van der Waals surface area contributed by atoms with Crippen LogP contribution in [0.15, 0.2) is 22.7 Å². The fourth-order valence-corrected chi connectivity index (χ4v) is 1.83. The van der Waals surface area contributed by atoms with E-state index in [1.165, 1.54) is 0 Å². The molecular formula is C12H15BN2O3. The Balaban J connectivity index is 1.97. The molecule has 1 fully saturated rings. The van der Waals surface area contributed by atoms with E-state index in [9.17, 15) is 0 Å². The molecule has 1 aliphatic rings. The van der Waals surface area contributed by atoms with E-state index in [1.807, 2.05) is 39.8 Å². The summed E-state index contributed by atoms with van der Waals surface area (Å²) < 4.78 is 17.3. The number of oxazole rings is 1. The third-order valence-electron chi connectivity index (χ3n) is 3.64. The van der Waals surface area contributed by atoms with Crippen LogP contribution in [0.5, 0.6) is 0 Å². The van der Waals surface area contributed by atoms with Gasteiger partial charge >= 0.3 is 7.12 Å². The summed E-state index contributed by atoms with van der Waals surface area (Å²) in [6.07, 6.45) is 1.67. The zero-order valence-electron chi connectivity index (χ0n) is 10.9. The quantitative estimate of drug-likeness (QED) is 0.714. The molecule has 2 aromatic rings. The van der Waals surface area contributed by atoms with Crippen molar-refractivity contribution in [1.82, 2.24) is 9.97 Å². The first-order valence-corrected chi connectivity index (χ1v) is 5.96. The van der Waals surface area contributed by atoms with E-state index >= 15 is 0 Å². The van der Waals surface area contributed by atoms with Gasteiger partial charge in [-0.25, -0.2) is 9.97 Å². The van der Waals surface area contributed by atoms with Crippen LogP contribution >= 0.6 is 0 Å². The van der Waals surface area contributed by atoms with Gasteiger partial charge in [0.2, 0.25) is 11.5 Å². The predicted octanol–water partition coefficient (Wildman–Crippen LogP) is 1.52. The van der Waals surface area contributed by atoms with Crippen LogP contribution in [0.2, 0.25) is 0 Å². The Kier molecular flexibility index (Phi) is 2.31. The van der Waals surface area contributed by atoms with Gasteiger partial charge in [-0.1, -0.05) is 0 Å². The number of hydrogen-bond donors (Lipinski definition) is 0. The number of aromatic nitrogens is 2. The van der Waals surface area contributed by atoms with E-state index in [1.54, 1.807) is 6.20 Å². The highest BCUT2D eigenvalue weighted by molar-refractivity contribution is 6.59. The molecular weight excluding hydrogens is 231 g/mol. The van der Waals surface area contributed by atoms with Crippen molar-refractivity contribution in [2.45, 2.75) is 38.9 Å². The number of rotatable bonds is 1. The Morgan fingerprint density at radius 2 is 1.78 bits per heavy atom. The summed E-state index contributed by atoms with van der Waals surface area (Å²) in [5, 5.41) is 0. The Bertz CT molecular complexity index is 545. The van der Waals surface area contributed by atoms with Gasteiger partial charge in [0, 0.05) is 6.20 Å². The molecule has 0 N–H and O–H groups in total. The van der Waals surface area contributed by atoms with E-state index in [2.05, 4.69) is 9.97 Å². The molecule has 0 aliphatic carbocycles. The molecule has 1 aliphatic heterocycles. The van der Waals surface area contributed by atoms with Crippen LogP contribution in [0, 0.1) is 0 Å². The Morgan fingerprint density at radius 3 is 2.39 bits per heavy atom. The second-order valence-electron chi connectivity index (χ2n) is 5.47. The zero-order chi connectivity index (χ0) is 13.0. The van der Waals surface area contributed by atoms with Gasteiger partial charge < -0.3 is 13.7 Å². The van der Waals surface area contributed by atoms with E-state index in [0.717, 1.165) is 0 Å². The lowest BCUT2D eigenvalue weighted by Crippen LogP contribution is -2.41. The molecule has 1 saturated heterocycles. The van der Waals surface area contributed by atoms with Gasteiger partial charge in [0.25, 0.3) is 0 Å². The summed E-state index contributed by atoms with van der Waals surface area (Å²) >= 11 is 0. The van der Waals surface area contributed by atoms with Gasteiger partial charge in [-0.05, 0) is 39.8 Å².